The van der Waals surface area contributed by atoms with Crippen LogP contribution in [0.25, 0.3) is 0 Å². The summed E-state index contributed by atoms with van der Waals surface area (Å²) in [6, 6.07) is 2.37. The molecule has 2 N–H and O–H groups in total. The van der Waals surface area contributed by atoms with Crippen LogP contribution >= 0.6 is 0 Å². The van der Waals surface area contributed by atoms with Crippen LogP contribution in [0.3, 0.4) is 0 Å². The Labute approximate surface area is 120 Å². The van der Waals surface area contributed by atoms with E-state index >= 15 is 0 Å². The first-order valence-electron chi connectivity index (χ1n) is 7.18. The topological polar surface area (TPSA) is 63.5 Å². The number of carbonyl (C=O) groups excluding carboxylic acids is 1. The van der Waals surface area contributed by atoms with E-state index in [-0.39, 0.29) is 18.2 Å². The predicted octanol–water partition coefficient (Wildman–Crippen LogP) is 2.82. The van der Waals surface area contributed by atoms with Crippen molar-refractivity contribution in [2.45, 2.75) is 64.3 Å². The molecule has 1 heterocycles. The summed E-state index contributed by atoms with van der Waals surface area (Å²) < 4.78 is 10.4. The Balaban J connectivity index is 1.80. The third-order valence-electron chi connectivity index (χ3n) is 3.37. The van der Waals surface area contributed by atoms with Crippen LogP contribution in [0.15, 0.2) is 23.0 Å². The molecule has 2 unspecified atom stereocenters. The van der Waals surface area contributed by atoms with Gasteiger partial charge in [-0.05, 0) is 46.1 Å². The van der Waals surface area contributed by atoms with E-state index in [1.807, 2.05) is 26.8 Å². The average molecular weight is 280 g/mol. The molecule has 1 aromatic heterocycles. The fourth-order valence-corrected chi connectivity index (χ4v) is 2.48. The molecule has 0 radical (unpaired) electrons. The van der Waals surface area contributed by atoms with Crippen molar-refractivity contribution in [3.05, 3.63) is 24.2 Å². The summed E-state index contributed by atoms with van der Waals surface area (Å²) in [5.74, 6) is 0. The molecule has 0 spiro atoms. The van der Waals surface area contributed by atoms with Gasteiger partial charge in [0.1, 0.15) is 5.60 Å². The number of hydrogen-bond donors (Lipinski definition) is 2. The third kappa shape index (κ3) is 4.56. The number of alkyl carbamates (subject to hydrolysis) is 1. The molecule has 0 bridgehead atoms. The SMILES string of the molecule is CC(C)(C)OC(=O)NC1CCCC1NCc1ccoc1. The second-order valence-corrected chi connectivity index (χ2v) is 6.30. The van der Waals surface area contributed by atoms with Crippen molar-refractivity contribution in [1.29, 1.82) is 0 Å². The van der Waals surface area contributed by atoms with E-state index in [1.165, 1.54) is 0 Å². The zero-order chi connectivity index (χ0) is 14.6. The van der Waals surface area contributed by atoms with Gasteiger partial charge in [-0.3, -0.25) is 0 Å². The minimum atomic E-state index is -0.456. The Bertz CT molecular complexity index is 423. The summed E-state index contributed by atoms with van der Waals surface area (Å²) in [7, 11) is 0. The summed E-state index contributed by atoms with van der Waals surface area (Å²) in [5, 5.41) is 6.44. The van der Waals surface area contributed by atoms with Crippen LogP contribution < -0.4 is 10.6 Å². The molecule has 0 saturated heterocycles. The van der Waals surface area contributed by atoms with Gasteiger partial charge in [-0.15, -0.1) is 0 Å². The molecule has 1 aliphatic rings. The molecule has 112 valence electrons. The van der Waals surface area contributed by atoms with E-state index in [0.717, 1.165) is 31.4 Å². The number of hydrogen-bond acceptors (Lipinski definition) is 4. The molecular weight excluding hydrogens is 256 g/mol. The fraction of sp³-hybridized carbons (Fsp3) is 0.667. The Morgan fingerprint density at radius 2 is 2.15 bits per heavy atom. The molecular formula is C15H24N2O3. The molecule has 0 aromatic carbocycles. The third-order valence-corrected chi connectivity index (χ3v) is 3.37. The first-order valence-corrected chi connectivity index (χ1v) is 7.18. The second kappa shape index (κ2) is 6.31. The molecule has 20 heavy (non-hydrogen) atoms. The second-order valence-electron chi connectivity index (χ2n) is 6.30. The fourth-order valence-electron chi connectivity index (χ4n) is 2.48. The van der Waals surface area contributed by atoms with Gasteiger partial charge in [-0.25, -0.2) is 4.79 Å². The Hall–Kier alpha value is -1.49. The molecule has 0 aliphatic heterocycles. The number of carbonyl (C=O) groups is 1. The normalized spacial score (nSPS) is 22.8. The van der Waals surface area contributed by atoms with Crippen molar-refractivity contribution in [2.75, 3.05) is 0 Å². The van der Waals surface area contributed by atoms with Crippen molar-refractivity contribution in [2.24, 2.45) is 0 Å². The summed E-state index contributed by atoms with van der Waals surface area (Å²) in [5.41, 5.74) is 0.662. The number of furan rings is 1. The summed E-state index contributed by atoms with van der Waals surface area (Å²) in [6.45, 7) is 6.37. The van der Waals surface area contributed by atoms with Crippen LogP contribution in [0.5, 0.6) is 0 Å². The maximum atomic E-state index is 11.8. The highest BCUT2D eigenvalue weighted by Gasteiger charge is 2.29. The molecule has 5 nitrogen and oxygen atoms in total. The van der Waals surface area contributed by atoms with Gasteiger partial charge >= 0.3 is 6.09 Å². The van der Waals surface area contributed by atoms with Crippen molar-refractivity contribution < 1.29 is 13.9 Å². The number of nitrogens with one attached hydrogen (secondary N) is 2. The minimum absolute atomic E-state index is 0.136. The highest BCUT2D eigenvalue weighted by atomic mass is 16.6. The zero-order valence-electron chi connectivity index (χ0n) is 12.4. The number of rotatable bonds is 4. The van der Waals surface area contributed by atoms with Gasteiger partial charge in [0.05, 0.1) is 12.5 Å². The maximum absolute atomic E-state index is 11.8. The molecule has 1 amide bonds. The van der Waals surface area contributed by atoms with E-state index in [0.29, 0.717) is 0 Å². The van der Waals surface area contributed by atoms with Crippen LogP contribution in [0.1, 0.15) is 45.6 Å². The first-order chi connectivity index (χ1) is 9.44. The molecule has 2 atom stereocenters. The van der Waals surface area contributed by atoms with Gasteiger partial charge in [0.15, 0.2) is 0 Å². The molecule has 1 aromatic rings. The largest absolute Gasteiger partial charge is 0.472 e. The summed E-state index contributed by atoms with van der Waals surface area (Å²) >= 11 is 0. The van der Waals surface area contributed by atoms with Gasteiger partial charge in [0.25, 0.3) is 0 Å². The van der Waals surface area contributed by atoms with Crippen LogP contribution in [-0.2, 0) is 11.3 Å². The van der Waals surface area contributed by atoms with Gasteiger partial charge in [0.2, 0.25) is 0 Å². The highest BCUT2D eigenvalue weighted by Crippen LogP contribution is 2.20. The lowest BCUT2D eigenvalue weighted by atomic mass is 10.1. The van der Waals surface area contributed by atoms with E-state index in [4.69, 9.17) is 9.15 Å². The van der Waals surface area contributed by atoms with Crippen molar-refractivity contribution in [1.82, 2.24) is 10.6 Å². The van der Waals surface area contributed by atoms with Crippen LogP contribution in [0, 0.1) is 0 Å². The van der Waals surface area contributed by atoms with Gasteiger partial charge in [0, 0.05) is 24.2 Å². The summed E-state index contributed by atoms with van der Waals surface area (Å²) in [4.78, 5) is 11.8. The number of ether oxygens (including phenoxy) is 1. The molecule has 2 rings (SSSR count). The quantitative estimate of drug-likeness (QED) is 0.890. The van der Waals surface area contributed by atoms with Crippen molar-refractivity contribution in [3.8, 4) is 0 Å². The van der Waals surface area contributed by atoms with E-state index in [9.17, 15) is 4.79 Å². The van der Waals surface area contributed by atoms with E-state index < -0.39 is 5.60 Å². The van der Waals surface area contributed by atoms with Crippen molar-refractivity contribution in [3.63, 3.8) is 0 Å². The van der Waals surface area contributed by atoms with E-state index in [1.54, 1.807) is 12.5 Å². The Morgan fingerprint density at radius 1 is 1.40 bits per heavy atom. The average Bonchev–Trinajstić information content (AvgIpc) is 2.94. The first kappa shape index (κ1) is 14.9. The predicted molar refractivity (Wildman–Crippen MR) is 76.3 cm³/mol. The monoisotopic (exact) mass is 280 g/mol. The molecule has 1 saturated carbocycles. The van der Waals surface area contributed by atoms with E-state index in [2.05, 4.69) is 10.6 Å². The van der Waals surface area contributed by atoms with Crippen LogP contribution in [0.2, 0.25) is 0 Å². The maximum Gasteiger partial charge on any atom is 0.407 e. The van der Waals surface area contributed by atoms with Gasteiger partial charge in [-0.1, -0.05) is 0 Å². The zero-order valence-corrected chi connectivity index (χ0v) is 12.4. The van der Waals surface area contributed by atoms with Crippen molar-refractivity contribution >= 4 is 6.09 Å². The molecule has 1 aliphatic carbocycles. The highest BCUT2D eigenvalue weighted by molar-refractivity contribution is 5.68. The lowest BCUT2D eigenvalue weighted by molar-refractivity contribution is 0.0498. The standard InChI is InChI=1S/C15H24N2O3/c1-15(2,3)20-14(18)17-13-6-4-5-12(13)16-9-11-7-8-19-10-11/h7-8,10,12-13,16H,4-6,9H2,1-3H3,(H,17,18). The summed E-state index contributed by atoms with van der Waals surface area (Å²) in [6.07, 6.45) is 6.24. The van der Waals surface area contributed by atoms with Gasteiger partial charge in [-0.2, -0.15) is 0 Å². The smallest absolute Gasteiger partial charge is 0.407 e. The Kier molecular flexibility index (Phi) is 4.70. The minimum Gasteiger partial charge on any atom is -0.472 e. The molecule has 1 fully saturated rings. The molecule has 5 heteroatoms. The van der Waals surface area contributed by atoms with Crippen LogP contribution in [0.4, 0.5) is 4.79 Å². The lowest BCUT2D eigenvalue weighted by Gasteiger charge is -2.25. The number of amides is 1. The Morgan fingerprint density at radius 3 is 2.80 bits per heavy atom. The van der Waals surface area contributed by atoms with Gasteiger partial charge < -0.3 is 19.8 Å². The van der Waals surface area contributed by atoms with Crippen LogP contribution in [-0.4, -0.2) is 23.8 Å². The lowest BCUT2D eigenvalue weighted by Crippen LogP contribution is -2.47.